The lowest BCUT2D eigenvalue weighted by atomic mass is 9.95. The van der Waals surface area contributed by atoms with Crippen LogP contribution in [0.3, 0.4) is 0 Å². The molecule has 0 amide bonds. The van der Waals surface area contributed by atoms with Crippen molar-refractivity contribution >= 4 is 11.8 Å². The molecule has 2 rings (SSSR count). The Morgan fingerprint density at radius 1 is 1.35 bits per heavy atom. The van der Waals surface area contributed by atoms with Crippen LogP contribution in [0.25, 0.3) is 0 Å². The molecule has 0 N–H and O–H groups in total. The third-order valence-corrected chi connectivity index (χ3v) is 2.65. The highest BCUT2D eigenvalue weighted by atomic mass is 16.5. The fourth-order valence-corrected chi connectivity index (χ4v) is 1.85. The molecule has 0 atom stereocenters. The van der Waals surface area contributed by atoms with E-state index in [4.69, 9.17) is 4.74 Å². The van der Waals surface area contributed by atoms with Crippen molar-refractivity contribution in [2.75, 3.05) is 0 Å². The molecular weight excluding hydrogens is 218 g/mol. The molecule has 0 aliphatic heterocycles. The second-order valence-electron chi connectivity index (χ2n) is 4.47. The Kier molecular flexibility index (Phi) is 3.22. The fraction of sp³-hybridized carbons (Fsp3) is 0.462. The molecule has 4 nitrogen and oxygen atoms in total. The standard InChI is InChI=1S/C13H15NO3/c1-8(2)17-13(16)12-5-3-9-7-10(15)4-6-11(9)14-12/h3,5,8H,4,6-7H2,1-2H3. The molecule has 1 aliphatic carbocycles. The molecule has 4 heteroatoms. The van der Waals surface area contributed by atoms with Crippen molar-refractivity contribution in [3.8, 4) is 0 Å². The average molecular weight is 233 g/mol. The molecule has 0 bridgehead atoms. The van der Waals surface area contributed by atoms with Gasteiger partial charge in [0.05, 0.1) is 6.10 Å². The van der Waals surface area contributed by atoms with Gasteiger partial charge in [0.1, 0.15) is 11.5 Å². The lowest BCUT2D eigenvalue weighted by Gasteiger charge is -2.15. The first-order chi connectivity index (χ1) is 8.06. The van der Waals surface area contributed by atoms with E-state index in [1.54, 1.807) is 26.0 Å². The normalized spacial score (nSPS) is 14.6. The first-order valence-electron chi connectivity index (χ1n) is 5.77. The van der Waals surface area contributed by atoms with Crippen LogP contribution in [-0.2, 0) is 22.4 Å². The Morgan fingerprint density at radius 2 is 2.12 bits per heavy atom. The van der Waals surface area contributed by atoms with Gasteiger partial charge < -0.3 is 4.74 Å². The summed E-state index contributed by atoms with van der Waals surface area (Å²) >= 11 is 0. The van der Waals surface area contributed by atoms with Gasteiger partial charge in [-0.2, -0.15) is 0 Å². The van der Waals surface area contributed by atoms with Gasteiger partial charge in [-0.25, -0.2) is 9.78 Å². The summed E-state index contributed by atoms with van der Waals surface area (Å²) in [5, 5.41) is 0. The Labute approximate surface area is 100 Å². The Balaban J connectivity index is 2.22. The smallest absolute Gasteiger partial charge is 0.357 e. The number of hydrogen-bond acceptors (Lipinski definition) is 4. The van der Waals surface area contributed by atoms with Crippen LogP contribution < -0.4 is 0 Å². The molecule has 0 fully saturated rings. The Hall–Kier alpha value is -1.71. The number of pyridine rings is 1. The first kappa shape index (κ1) is 11.8. The van der Waals surface area contributed by atoms with Gasteiger partial charge in [0.15, 0.2) is 0 Å². The highest BCUT2D eigenvalue weighted by Gasteiger charge is 2.19. The molecule has 1 aromatic rings. The Morgan fingerprint density at radius 3 is 2.82 bits per heavy atom. The second kappa shape index (κ2) is 4.65. The zero-order valence-electron chi connectivity index (χ0n) is 10.0. The number of carbonyl (C=O) groups excluding carboxylic acids is 2. The second-order valence-corrected chi connectivity index (χ2v) is 4.47. The van der Waals surface area contributed by atoms with Crippen molar-refractivity contribution in [3.05, 3.63) is 29.1 Å². The van der Waals surface area contributed by atoms with Crippen LogP contribution in [0.1, 0.15) is 42.0 Å². The van der Waals surface area contributed by atoms with Crippen LogP contribution in [0, 0.1) is 0 Å². The maximum atomic E-state index is 11.7. The van der Waals surface area contributed by atoms with E-state index in [1.807, 2.05) is 0 Å². The monoisotopic (exact) mass is 233 g/mol. The minimum atomic E-state index is -0.403. The maximum Gasteiger partial charge on any atom is 0.357 e. The number of aromatic nitrogens is 1. The fourth-order valence-electron chi connectivity index (χ4n) is 1.85. The number of esters is 1. The summed E-state index contributed by atoms with van der Waals surface area (Å²) in [7, 11) is 0. The largest absolute Gasteiger partial charge is 0.458 e. The van der Waals surface area contributed by atoms with E-state index in [9.17, 15) is 9.59 Å². The molecule has 17 heavy (non-hydrogen) atoms. The summed E-state index contributed by atoms with van der Waals surface area (Å²) in [4.78, 5) is 27.2. The number of nitrogens with zero attached hydrogens (tertiary/aromatic N) is 1. The molecule has 0 saturated carbocycles. The van der Waals surface area contributed by atoms with Crippen LogP contribution in [0.5, 0.6) is 0 Å². The van der Waals surface area contributed by atoms with E-state index in [2.05, 4.69) is 4.98 Å². The third-order valence-electron chi connectivity index (χ3n) is 2.65. The van der Waals surface area contributed by atoms with E-state index in [1.165, 1.54) is 0 Å². The SMILES string of the molecule is CC(C)OC(=O)c1ccc2c(n1)CCC(=O)C2. The summed E-state index contributed by atoms with van der Waals surface area (Å²) in [6.07, 6.45) is 1.42. The van der Waals surface area contributed by atoms with Gasteiger partial charge in [0.2, 0.25) is 0 Å². The van der Waals surface area contributed by atoms with E-state index >= 15 is 0 Å². The first-order valence-corrected chi connectivity index (χ1v) is 5.77. The predicted molar refractivity (Wildman–Crippen MR) is 61.8 cm³/mol. The maximum absolute atomic E-state index is 11.7. The molecule has 1 heterocycles. The van der Waals surface area contributed by atoms with Crippen LogP contribution in [0.4, 0.5) is 0 Å². The summed E-state index contributed by atoms with van der Waals surface area (Å²) in [5.74, 6) is -0.170. The van der Waals surface area contributed by atoms with Gasteiger partial charge in [-0.05, 0) is 31.9 Å². The van der Waals surface area contributed by atoms with E-state index in [0.717, 1.165) is 11.3 Å². The lowest BCUT2D eigenvalue weighted by molar-refractivity contribution is -0.118. The quantitative estimate of drug-likeness (QED) is 0.729. The number of carbonyl (C=O) groups is 2. The molecule has 0 radical (unpaired) electrons. The van der Waals surface area contributed by atoms with Gasteiger partial charge >= 0.3 is 5.97 Å². The molecule has 90 valence electrons. The van der Waals surface area contributed by atoms with Gasteiger partial charge in [-0.3, -0.25) is 4.79 Å². The molecule has 0 spiro atoms. The van der Waals surface area contributed by atoms with Crippen LogP contribution in [0.15, 0.2) is 12.1 Å². The predicted octanol–water partition coefficient (Wildman–Crippen LogP) is 1.70. The average Bonchev–Trinajstić information content (AvgIpc) is 2.27. The number of rotatable bonds is 2. The van der Waals surface area contributed by atoms with Gasteiger partial charge in [0, 0.05) is 18.5 Å². The molecule has 0 saturated heterocycles. The van der Waals surface area contributed by atoms with Crippen molar-refractivity contribution < 1.29 is 14.3 Å². The zero-order chi connectivity index (χ0) is 12.4. The van der Waals surface area contributed by atoms with E-state index < -0.39 is 5.97 Å². The summed E-state index contributed by atoms with van der Waals surface area (Å²) in [6, 6.07) is 3.43. The molecule has 0 aromatic carbocycles. The van der Waals surface area contributed by atoms with Gasteiger partial charge in [0.25, 0.3) is 0 Å². The van der Waals surface area contributed by atoms with E-state index in [0.29, 0.717) is 25.0 Å². The zero-order valence-corrected chi connectivity index (χ0v) is 10.0. The molecule has 0 unspecified atom stereocenters. The number of Topliss-reactive ketones (excluding diaryl/α,β-unsaturated/α-hetero) is 1. The van der Waals surface area contributed by atoms with Gasteiger partial charge in [-0.1, -0.05) is 6.07 Å². The van der Waals surface area contributed by atoms with Crippen molar-refractivity contribution in [1.82, 2.24) is 4.98 Å². The van der Waals surface area contributed by atoms with Crippen molar-refractivity contribution in [1.29, 1.82) is 0 Å². The van der Waals surface area contributed by atoms with Crippen LogP contribution in [-0.4, -0.2) is 22.8 Å². The van der Waals surface area contributed by atoms with Crippen molar-refractivity contribution in [2.45, 2.75) is 39.2 Å². The summed E-state index contributed by atoms with van der Waals surface area (Å²) in [5.41, 5.74) is 2.11. The number of fused-ring (bicyclic) bond motifs is 1. The van der Waals surface area contributed by atoms with E-state index in [-0.39, 0.29) is 11.9 Å². The number of aryl methyl sites for hydroxylation is 1. The number of hydrogen-bond donors (Lipinski definition) is 0. The highest BCUT2D eigenvalue weighted by molar-refractivity contribution is 5.88. The number of ether oxygens (including phenoxy) is 1. The minimum Gasteiger partial charge on any atom is -0.458 e. The molecule has 1 aromatic heterocycles. The highest BCUT2D eigenvalue weighted by Crippen LogP contribution is 2.18. The molecular formula is C13H15NO3. The summed E-state index contributed by atoms with van der Waals surface area (Å²) in [6.45, 7) is 3.60. The van der Waals surface area contributed by atoms with Crippen molar-refractivity contribution in [2.24, 2.45) is 0 Å². The van der Waals surface area contributed by atoms with Crippen molar-refractivity contribution in [3.63, 3.8) is 0 Å². The van der Waals surface area contributed by atoms with Crippen LogP contribution in [0.2, 0.25) is 0 Å². The third kappa shape index (κ3) is 2.70. The Bertz CT molecular complexity index is 466. The van der Waals surface area contributed by atoms with Crippen LogP contribution >= 0.6 is 0 Å². The van der Waals surface area contributed by atoms with Gasteiger partial charge in [-0.15, -0.1) is 0 Å². The topological polar surface area (TPSA) is 56.3 Å². The number of ketones is 1. The molecule has 1 aliphatic rings. The lowest BCUT2D eigenvalue weighted by Crippen LogP contribution is -2.18. The summed E-state index contributed by atoms with van der Waals surface area (Å²) < 4.78 is 5.08. The minimum absolute atomic E-state index is 0.151.